The van der Waals surface area contributed by atoms with Gasteiger partial charge in [0.05, 0.1) is 6.04 Å². The van der Waals surface area contributed by atoms with Crippen LogP contribution in [0.25, 0.3) is 0 Å². The number of hydrogen-bond donors (Lipinski definition) is 1. The van der Waals surface area contributed by atoms with Gasteiger partial charge < -0.3 is 10.6 Å². The number of likely N-dealkylation sites (N-methyl/N-ethyl adjacent to an activating group) is 1. The highest BCUT2D eigenvalue weighted by Crippen LogP contribution is 2.26. The van der Waals surface area contributed by atoms with E-state index in [1.54, 1.807) is 0 Å². The fourth-order valence-electron chi connectivity index (χ4n) is 1.36. The van der Waals surface area contributed by atoms with E-state index in [1.165, 1.54) is 5.70 Å². The van der Waals surface area contributed by atoms with Gasteiger partial charge in [0.2, 0.25) is 0 Å². The second-order valence-electron chi connectivity index (χ2n) is 3.32. The predicted molar refractivity (Wildman–Crippen MR) is 59.1 cm³/mol. The van der Waals surface area contributed by atoms with Crippen LogP contribution >= 0.6 is 0 Å². The summed E-state index contributed by atoms with van der Waals surface area (Å²) in [5, 5.41) is 0. The number of nitrogens with zero attached hydrogens (tertiary/aromatic N) is 1. The van der Waals surface area contributed by atoms with Gasteiger partial charge in [-0.3, -0.25) is 0 Å². The Kier molecular flexibility index (Phi) is 4.78. The van der Waals surface area contributed by atoms with Crippen molar-refractivity contribution in [2.24, 2.45) is 11.7 Å². The monoisotopic (exact) mass is 182 g/mol. The molecular weight excluding hydrogens is 160 g/mol. The Labute approximate surface area is 82.1 Å². The number of allylic oxidation sites excluding steroid dienone is 1. The van der Waals surface area contributed by atoms with E-state index in [9.17, 15) is 0 Å². The minimum absolute atomic E-state index is 0.0254. The highest BCUT2D eigenvalue weighted by molar-refractivity contribution is 5.29. The average Bonchev–Trinajstić information content (AvgIpc) is 2.36. The molecule has 1 rings (SSSR count). The maximum absolute atomic E-state index is 5.78. The molecule has 13 heavy (non-hydrogen) atoms. The molecule has 0 amide bonds. The maximum atomic E-state index is 5.78. The van der Waals surface area contributed by atoms with Gasteiger partial charge in [0.15, 0.2) is 0 Å². The Bertz CT molecular complexity index is 204. The molecule has 2 heteroatoms. The first-order chi connectivity index (χ1) is 6.04. The van der Waals surface area contributed by atoms with Crippen LogP contribution in [-0.2, 0) is 0 Å². The summed E-state index contributed by atoms with van der Waals surface area (Å²) in [5.74, 6) is 0.533. The quantitative estimate of drug-likeness (QED) is 0.674. The van der Waals surface area contributed by atoms with Crippen molar-refractivity contribution in [1.82, 2.24) is 4.90 Å². The van der Waals surface area contributed by atoms with Crippen LogP contribution in [0.15, 0.2) is 24.0 Å². The van der Waals surface area contributed by atoms with Crippen LogP contribution in [0.2, 0.25) is 0 Å². The lowest BCUT2D eigenvalue weighted by atomic mass is 10.1. The average molecular weight is 182 g/mol. The van der Waals surface area contributed by atoms with Crippen molar-refractivity contribution in [3.63, 3.8) is 0 Å². The molecule has 1 heterocycles. The van der Waals surface area contributed by atoms with Gasteiger partial charge in [-0.2, -0.15) is 0 Å². The van der Waals surface area contributed by atoms with Crippen LogP contribution in [0, 0.1) is 5.92 Å². The highest BCUT2D eigenvalue weighted by atomic mass is 15.2. The van der Waals surface area contributed by atoms with E-state index in [2.05, 4.69) is 31.4 Å². The second-order valence-corrected chi connectivity index (χ2v) is 3.32. The molecule has 0 aromatic rings. The molecule has 2 N–H and O–H groups in total. The number of rotatable bonds is 1. The maximum Gasteiger partial charge on any atom is 0.0649 e. The van der Waals surface area contributed by atoms with E-state index in [-0.39, 0.29) is 6.04 Å². The van der Waals surface area contributed by atoms with Gasteiger partial charge in [0.25, 0.3) is 0 Å². The normalized spacial score (nSPS) is 21.5. The van der Waals surface area contributed by atoms with Crippen LogP contribution in [0.3, 0.4) is 0 Å². The minimum Gasteiger partial charge on any atom is -0.350 e. The molecule has 0 spiro atoms. The lowest BCUT2D eigenvalue weighted by Crippen LogP contribution is -2.22. The molecule has 0 radical (unpaired) electrons. The molecule has 0 aromatic carbocycles. The number of nitrogens with two attached hydrogens (primary N) is 1. The van der Waals surface area contributed by atoms with E-state index in [4.69, 9.17) is 5.73 Å². The minimum atomic E-state index is 0.0254. The Hall–Kier alpha value is -0.760. The molecule has 0 bridgehead atoms. The zero-order valence-corrected chi connectivity index (χ0v) is 9.46. The Morgan fingerprint density at radius 3 is 2.08 bits per heavy atom. The summed E-state index contributed by atoms with van der Waals surface area (Å²) in [7, 11) is 2.01. The topological polar surface area (TPSA) is 29.3 Å². The standard InChI is InChI=1S/C9H16N2.C2H6/c1-6(2)9-5-8(10)7(3)11(9)4;1-2/h5-6,8H,3,10H2,1-2,4H3;1-2H3. The van der Waals surface area contributed by atoms with E-state index in [1.807, 2.05) is 20.9 Å². The molecule has 1 atom stereocenters. The van der Waals surface area contributed by atoms with E-state index < -0.39 is 0 Å². The fourth-order valence-corrected chi connectivity index (χ4v) is 1.36. The summed E-state index contributed by atoms with van der Waals surface area (Å²) in [6, 6.07) is 0.0254. The molecule has 1 aliphatic heterocycles. The van der Waals surface area contributed by atoms with Crippen molar-refractivity contribution in [3.8, 4) is 0 Å². The first-order valence-corrected chi connectivity index (χ1v) is 4.94. The molecule has 0 aromatic heterocycles. The third-order valence-corrected chi connectivity index (χ3v) is 2.14. The first-order valence-electron chi connectivity index (χ1n) is 4.94. The van der Waals surface area contributed by atoms with Crippen LogP contribution in [0.1, 0.15) is 27.7 Å². The third-order valence-electron chi connectivity index (χ3n) is 2.14. The van der Waals surface area contributed by atoms with Gasteiger partial charge in [-0.25, -0.2) is 0 Å². The molecule has 0 fully saturated rings. The van der Waals surface area contributed by atoms with Crippen LogP contribution in [0.4, 0.5) is 0 Å². The van der Waals surface area contributed by atoms with Gasteiger partial charge in [0, 0.05) is 18.4 Å². The largest absolute Gasteiger partial charge is 0.350 e. The molecule has 0 saturated carbocycles. The van der Waals surface area contributed by atoms with E-state index in [0.29, 0.717) is 5.92 Å². The summed E-state index contributed by atoms with van der Waals surface area (Å²) in [5.41, 5.74) is 8.05. The molecule has 0 saturated heterocycles. The molecule has 76 valence electrons. The van der Waals surface area contributed by atoms with Crippen LogP contribution in [-0.4, -0.2) is 18.0 Å². The van der Waals surface area contributed by atoms with Crippen molar-refractivity contribution >= 4 is 0 Å². The van der Waals surface area contributed by atoms with Gasteiger partial charge in [-0.15, -0.1) is 0 Å². The Morgan fingerprint density at radius 2 is 1.92 bits per heavy atom. The fraction of sp³-hybridized carbons (Fsp3) is 0.636. The van der Waals surface area contributed by atoms with Crippen molar-refractivity contribution in [1.29, 1.82) is 0 Å². The molecule has 1 aliphatic rings. The van der Waals surface area contributed by atoms with Crippen molar-refractivity contribution in [2.75, 3.05) is 7.05 Å². The summed E-state index contributed by atoms with van der Waals surface area (Å²) < 4.78 is 0. The van der Waals surface area contributed by atoms with E-state index >= 15 is 0 Å². The van der Waals surface area contributed by atoms with Gasteiger partial charge in [0.1, 0.15) is 0 Å². The molecule has 0 aliphatic carbocycles. The second kappa shape index (κ2) is 5.07. The Balaban J connectivity index is 0.000000671. The van der Waals surface area contributed by atoms with Crippen LogP contribution in [0.5, 0.6) is 0 Å². The van der Waals surface area contributed by atoms with Gasteiger partial charge in [-0.1, -0.05) is 34.3 Å². The molecule has 1 unspecified atom stereocenters. The summed E-state index contributed by atoms with van der Waals surface area (Å²) in [4.78, 5) is 2.08. The molecular formula is C11H22N2. The van der Waals surface area contributed by atoms with Crippen LogP contribution < -0.4 is 5.73 Å². The van der Waals surface area contributed by atoms with Crippen molar-refractivity contribution in [3.05, 3.63) is 24.0 Å². The van der Waals surface area contributed by atoms with E-state index in [0.717, 1.165) is 5.70 Å². The lowest BCUT2D eigenvalue weighted by Gasteiger charge is -2.20. The zero-order chi connectivity index (χ0) is 10.6. The van der Waals surface area contributed by atoms with Crippen molar-refractivity contribution in [2.45, 2.75) is 33.7 Å². The number of hydrogen-bond acceptors (Lipinski definition) is 2. The van der Waals surface area contributed by atoms with Gasteiger partial charge in [-0.05, 0) is 12.0 Å². The first kappa shape index (κ1) is 12.2. The predicted octanol–water partition coefficient (Wildman–Crippen LogP) is 2.34. The summed E-state index contributed by atoms with van der Waals surface area (Å²) >= 11 is 0. The molecule has 2 nitrogen and oxygen atoms in total. The van der Waals surface area contributed by atoms with Crippen molar-refractivity contribution < 1.29 is 0 Å². The summed E-state index contributed by atoms with van der Waals surface area (Å²) in [6.45, 7) is 12.2. The SMILES string of the molecule is C=C1C(N)C=C(C(C)C)N1C.CC. The van der Waals surface area contributed by atoms with Gasteiger partial charge >= 0.3 is 0 Å². The Morgan fingerprint density at radius 1 is 1.46 bits per heavy atom. The smallest absolute Gasteiger partial charge is 0.0649 e. The summed E-state index contributed by atoms with van der Waals surface area (Å²) in [6.07, 6.45) is 2.08. The zero-order valence-electron chi connectivity index (χ0n) is 9.46. The highest BCUT2D eigenvalue weighted by Gasteiger charge is 2.22. The third kappa shape index (κ3) is 2.59. The lowest BCUT2D eigenvalue weighted by molar-refractivity contribution is 0.469.